The average Bonchev–Trinajstić information content (AvgIpc) is 2.95. The molecule has 1 heterocycles. The third-order valence-corrected chi connectivity index (χ3v) is 8.12. The SMILES string of the molecule is C=C1C[C@]23C[C@@]1(O)CC[C@H]2[C@@]12C=C[C@H](O)[C@@](C)(C(=O)O1)[C@H]2[C@@H]3C(=O)O.[Zn]. The predicted octanol–water partition coefficient (Wildman–Crippen LogP) is 1.02. The summed E-state index contributed by atoms with van der Waals surface area (Å²) in [4.78, 5) is 25.1. The van der Waals surface area contributed by atoms with Gasteiger partial charge in [0.2, 0.25) is 0 Å². The Labute approximate surface area is 164 Å². The van der Waals surface area contributed by atoms with E-state index >= 15 is 0 Å². The molecule has 1 spiro atoms. The number of carboxylic acid groups (broad SMARTS) is 1. The van der Waals surface area contributed by atoms with Gasteiger partial charge in [0, 0.05) is 31.3 Å². The van der Waals surface area contributed by atoms with E-state index < -0.39 is 51.9 Å². The zero-order valence-electron chi connectivity index (χ0n) is 14.8. The number of rotatable bonds is 1. The number of hydrogen-bond donors (Lipinski definition) is 3. The summed E-state index contributed by atoms with van der Waals surface area (Å²) in [5.41, 5.74) is -3.29. The molecular formula is C19H22O6Zn. The van der Waals surface area contributed by atoms with Gasteiger partial charge >= 0.3 is 11.9 Å². The number of carboxylic acids is 1. The van der Waals surface area contributed by atoms with Gasteiger partial charge in [0.1, 0.15) is 11.0 Å². The number of esters is 1. The van der Waals surface area contributed by atoms with E-state index in [-0.39, 0.29) is 25.4 Å². The van der Waals surface area contributed by atoms with E-state index in [9.17, 15) is 24.9 Å². The zero-order valence-corrected chi connectivity index (χ0v) is 17.7. The van der Waals surface area contributed by atoms with Crippen molar-refractivity contribution < 1.29 is 49.1 Å². The molecule has 6 nitrogen and oxygen atoms in total. The van der Waals surface area contributed by atoms with Crippen LogP contribution in [0, 0.1) is 28.6 Å². The second kappa shape index (κ2) is 4.87. The van der Waals surface area contributed by atoms with Crippen molar-refractivity contribution in [3.05, 3.63) is 24.3 Å². The van der Waals surface area contributed by atoms with Gasteiger partial charge in [0.25, 0.3) is 0 Å². The summed E-state index contributed by atoms with van der Waals surface area (Å²) in [5.74, 6) is -3.18. The number of aliphatic carboxylic acids is 1. The number of carbonyl (C=O) groups is 2. The molecule has 1 aliphatic heterocycles. The van der Waals surface area contributed by atoms with Gasteiger partial charge in [-0.05, 0) is 49.7 Å². The Morgan fingerprint density at radius 2 is 2.12 bits per heavy atom. The molecule has 8 atom stereocenters. The minimum atomic E-state index is -1.27. The van der Waals surface area contributed by atoms with E-state index in [0.29, 0.717) is 31.3 Å². The maximum atomic E-state index is 12.7. The molecule has 4 fully saturated rings. The van der Waals surface area contributed by atoms with E-state index in [1.54, 1.807) is 19.1 Å². The van der Waals surface area contributed by atoms with Crippen molar-refractivity contribution in [1.82, 2.24) is 0 Å². The Bertz CT molecular complexity index is 778. The summed E-state index contributed by atoms with van der Waals surface area (Å²) in [5, 5.41) is 31.6. The summed E-state index contributed by atoms with van der Waals surface area (Å²) in [6.07, 6.45) is 4.11. The number of fused-ring (bicyclic) bond motifs is 1. The minimum absolute atomic E-state index is 0. The molecule has 26 heavy (non-hydrogen) atoms. The fourth-order valence-corrected chi connectivity index (χ4v) is 7.13. The first-order chi connectivity index (χ1) is 11.6. The monoisotopic (exact) mass is 410 g/mol. The van der Waals surface area contributed by atoms with Gasteiger partial charge in [0.05, 0.1) is 17.6 Å². The summed E-state index contributed by atoms with van der Waals surface area (Å²) < 4.78 is 5.87. The van der Waals surface area contributed by atoms with Gasteiger partial charge in [-0.25, -0.2) is 0 Å². The van der Waals surface area contributed by atoms with Gasteiger partial charge in [-0.3, -0.25) is 9.59 Å². The molecule has 5 rings (SSSR count). The molecule has 136 valence electrons. The van der Waals surface area contributed by atoms with Gasteiger partial charge < -0.3 is 20.1 Å². The van der Waals surface area contributed by atoms with Crippen molar-refractivity contribution in [3.63, 3.8) is 0 Å². The fraction of sp³-hybridized carbons (Fsp3) is 0.684. The molecule has 0 aromatic carbocycles. The van der Waals surface area contributed by atoms with Crippen LogP contribution in [0.5, 0.6) is 0 Å². The normalized spacial score (nSPS) is 55.8. The second-order valence-electron chi connectivity index (χ2n) is 8.94. The maximum absolute atomic E-state index is 12.7. The van der Waals surface area contributed by atoms with E-state index in [2.05, 4.69) is 6.58 Å². The summed E-state index contributed by atoms with van der Waals surface area (Å²) in [7, 11) is 0. The number of aliphatic hydroxyl groups excluding tert-OH is 1. The van der Waals surface area contributed by atoms with Crippen LogP contribution in [0.25, 0.3) is 0 Å². The molecule has 4 aliphatic carbocycles. The molecule has 0 aromatic heterocycles. The smallest absolute Gasteiger partial charge is 0.316 e. The molecule has 0 amide bonds. The van der Waals surface area contributed by atoms with E-state index in [0.717, 1.165) is 0 Å². The van der Waals surface area contributed by atoms with Gasteiger partial charge in [0.15, 0.2) is 0 Å². The van der Waals surface area contributed by atoms with Crippen LogP contribution in [0.4, 0.5) is 0 Å². The zero-order chi connectivity index (χ0) is 18.0. The van der Waals surface area contributed by atoms with E-state index in [1.165, 1.54) is 0 Å². The topological polar surface area (TPSA) is 104 Å². The largest absolute Gasteiger partial charge is 0.481 e. The molecule has 0 radical (unpaired) electrons. The Morgan fingerprint density at radius 1 is 1.42 bits per heavy atom. The van der Waals surface area contributed by atoms with Crippen molar-refractivity contribution in [1.29, 1.82) is 0 Å². The first-order valence-corrected chi connectivity index (χ1v) is 8.86. The third kappa shape index (κ3) is 1.61. The van der Waals surface area contributed by atoms with Crippen LogP contribution in [0.1, 0.15) is 32.6 Å². The van der Waals surface area contributed by atoms with Crippen molar-refractivity contribution in [2.24, 2.45) is 28.6 Å². The molecule has 0 aromatic rings. The predicted molar refractivity (Wildman–Crippen MR) is 85.2 cm³/mol. The van der Waals surface area contributed by atoms with Crippen LogP contribution >= 0.6 is 0 Å². The van der Waals surface area contributed by atoms with Crippen LogP contribution in [0.15, 0.2) is 24.3 Å². The summed E-state index contributed by atoms with van der Waals surface area (Å²) in [6, 6.07) is 0. The first kappa shape index (κ1) is 18.3. The minimum Gasteiger partial charge on any atom is -0.481 e. The molecule has 4 bridgehead atoms. The van der Waals surface area contributed by atoms with Crippen LogP contribution in [-0.4, -0.2) is 44.6 Å². The van der Waals surface area contributed by atoms with Gasteiger partial charge in [-0.1, -0.05) is 12.7 Å². The van der Waals surface area contributed by atoms with E-state index in [4.69, 9.17) is 4.74 Å². The molecule has 7 heteroatoms. The van der Waals surface area contributed by atoms with Crippen LogP contribution in [0.2, 0.25) is 0 Å². The van der Waals surface area contributed by atoms with Crippen LogP contribution < -0.4 is 0 Å². The number of aliphatic hydroxyl groups is 2. The molecule has 0 unspecified atom stereocenters. The number of hydrogen-bond acceptors (Lipinski definition) is 5. The Morgan fingerprint density at radius 3 is 2.77 bits per heavy atom. The Hall–Kier alpha value is -1.04. The molecule has 3 saturated carbocycles. The quantitative estimate of drug-likeness (QED) is 0.338. The third-order valence-electron chi connectivity index (χ3n) is 8.12. The van der Waals surface area contributed by atoms with Crippen molar-refractivity contribution in [2.45, 2.75) is 49.9 Å². The van der Waals surface area contributed by atoms with Crippen LogP contribution in [-0.2, 0) is 33.8 Å². The summed E-state index contributed by atoms with van der Waals surface area (Å²) in [6.45, 7) is 5.64. The van der Waals surface area contributed by atoms with Crippen LogP contribution in [0.3, 0.4) is 0 Å². The van der Waals surface area contributed by atoms with E-state index in [1.807, 2.05) is 0 Å². The molecule has 1 saturated heterocycles. The molecule has 3 N–H and O–H groups in total. The molecule has 5 aliphatic rings. The maximum Gasteiger partial charge on any atom is 0.316 e. The fourth-order valence-electron chi connectivity index (χ4n) is 7.13. The number of ether oxygens (including phenoxy) is 1. The standard InChI is InChI=1S/C19H22O6.Zn/c1-9-7-17-8-18(9,24)5-3-10(17)19-6-4-11(20)16(2,15(23)25-19)13(19)12(17)14(21)22;/h4,6,10-13,20,24H,1,3,5,7-8H2,2H3,(H,21,22);/t10-,11+,12-,13-,16-,17+,18+,19-;/m1./s1. The average molecular weight is 412 g/mol. The number of carbonyl (C=O) groups excluding carboxylic acids is 1. The van der Waals surface area contributed by atoms with Gasteiger partial charge in [-0.15, -0.1) is 0 Å². The Kier molecular flexibility index (Phi) is 3.43. The Balaban J connectivity index is 0.00000168. The van der Waals surface area contributed by atoms with Crippen molar-refractivity contribution in [3.8, 4) is 0 Å². The van der Waals surface area contributed by atoms with Crippen molar-refractivity contribution in [2.75, 3.05) is 0 Å². The summed E-state index contributed by atoms with van der Waals surface area (Å²) >= 11 is 0. The van der Waals surface area contributed by atoms with Crippen molar-refractivity contribution >= 4 is 11.9 Å². The second-order valence-corrected chi connectivity index (χ2v) is 8.94. The molecular weight excluding hydrogens is 390 g/mol. The first-order valence-electron chi connectivity index (χ1n) is 8.86. The van der Waals surface area contributed by atoms with Gasteiger partial charge in [-0.2, -0.15) is 0 Å².